The Labute approximate surface area is 128 Å². The highest BCUT2D eigenvalue weighted by molar-refractivity contribution is 5.91. The lowest BCUT2D eigenvalue weighted by molar-refractivity contribution is 0.355. The van der Waals surface area contributed by atoms with E-state index in [0.29, 0.717) is 17.9 Å². The largest absolute Gasteiger partial charge is 0.493 e. The lowest BCUT2D eigenvalue weighted by atomic mass is 10.0. The minimum absolute atomic E-state index is 0.355. The molecule has 4 nitrogen and oxygen atoms in total. The van der Waals surface area contributed by atoms with Crippen molar-refractivity contribution >= 4 is 10.9 Å². The van der Waals surface area contributed by atoms with Crippen LogP contribution in [0.15, 0.2) is 42.5 Å². The Kier molecular flexibility index (Phi) is 3.71. The summed E-state index contributed by atoms with van der Waals surface area (Å²) in [5.74, 6) is 1.35. The molecule has 0 aliphatic carbocycles. The van der Waals surface area contributed by atoms with Crippen molar-refractivity contribution in [3.63, 3.8) is 0 Å². The van der Waals surface area contributed by atoms with Gasteiger partial charge >= 0.3 is 0 Å². The van der Waals surface area contributed by atoms with Gasteiger partial charge in [-0.25, -0.2) is 0 Å². The number of fused-ring (bicyclic) bond motifs is 1. The number of methoxy groups -OCH3 is 2. The molecule has 0 saturated heterocycles. The first-order valence-corrected chi connectivity index (χ1v) is 6.97. The van der Waals surface area contributed by atoms with E-state index in [1.807, 2.05) is 42.5 Å². The van der Waals surface area contributed by atoms with Gasteiger partial charge in [0.1, 0.15) is 0 Å². The normalized spacial score (nSPS) is 10.4. The number of nitrogens with one attached hydrogen (secondary N) is 1. The summed E-state index contributed by atoms with van der Waals surface area (Å²) >= 11 is 0. The Morgan fingerprint density at radius 3 is 2.55 bits per heavy atom. The maximum absolute atomic E-state index is 9.14. The Balaban J connectivity index is 2.21. The van der Waals surface area contributed by atoms with Crippen molar-refractivity contribution in [3.05, 3.63) is 48.0 Å². The Morgan fingerprint density at radius 1 is 1.05 bits per heavy atom. The molecule has 0 fully saturated rings. The number of rotatable bonds is 4. The fraction of sp³-hybridized carbons (Fsp3) is 0.167. The van der Waals surface area contributed by atoms with Gasteiger partial charge in [-0.3, -0.25) is 0 Å². The second-order valence-corrected chi connectivity index (χ2v) is 4.93. The van der Waals surface area contributed by atoms with E-state index in [1.54, 1.807) is 14.2 Å². The number of hydrogen-bond acceptors (Lipinski definition) is 3. The number of nitrogens with zero attached hydrogens (tertiary/aromatic N) is 1. The fourth-order valence-corrected chi connectivity index (χ4v) is 2.70. The zero-order chi connectivity index (χ0) is 15.5. The number of para-hydroxylation sites is 1. The van der Waals surface area contributed by atoms with Crippen LogP contribution < -0.4 is 9.47 Å². The minimum Gasteiger partial charge on any atom is -0.493 e. The van der Waals surface area contributed by atoms with Gasteiger partial charge in [-0.1, -0.05) is 18.2 Å². The molecule has 0 aliphatic rings. The number of hydrogen-bond donors (Lipinski definition) is 1. The third kappa shape index (κ3) is 2.27. The SMILES string of the molecule is COc1ccc(-c2[nH]c3ccccc3c2CC#N)cc1OC. The van der Waals surface area contributed by atoms with E-state index in [4.69, 9.17) is 14.7 Å². The molecule has 0 unspecified atom stereocenters. The summed E-state index contributed by atoms with van der Waals surface area (Å²) in [6.45, 7) is 0. The molecule has 3 rings (SSSR count). The maximum atomic E-state index is 9.14. The van der Waals surface area contributed by atoms with Crippen molar-refractivity contribution < 1.29 is 9.47 Å². The monoisotopic (exact) mass is 292 g/mol. The molecule has 0 amide bonds. The van der Waals surface area contributed by atoms with E-state index in [2.05, 4.69) is 11.1 Å². The third-order valence-electron chi connectivity index (χ3n) is 3.74. The second kappa shape index (κ2) is 5.82. The average Bonchev–Trinajstić information content (AvgIpc) is 2.93. The molecular formula is C18H16N2O2. The summed E-state index contributed by atoms with van der Waals surface area (Å²) < 4.78 is 10.6. The lowest BCUT2D eigenvalue weighted by Crippen LogP contribution is -1.92. The second-order valence-electron chi connectivity index (χ2n) is 4.93. The molecule has 0 aliphatic heterocycles. The topological polar surface area (TPSA) is 58.0 Å². The van der Waals surface area contributed by atoms with E-state index in [9.17, 15) is 0 Å². The number of H-pyrrole nitrogens is 1. The summed E-state index contributed by atoms with van der Waals surface area (Å²) in [4.78, 5) is 3.41. The highest BCUT2D eigenvalue weighted by Gasteiger charge is 2.14. The third-order valence-corrected chi connectivity index (χ3v) is 3.74. The van der Waals surface area contributed by atoms with Gasteiger partial charge in [0.2, 0.25) is 0 Å². The number of ether oxygens (including phenoxy) is 2. The molecule has 4 heteroatoms. The Bertz CT molecular complexity index is 859. The molecule has 0 saturated carbocycles. The van der Waals surface area contributed by atoms with Crippen LogP contribution in [0.2, 0.25) is 0 Å². The minimum atomic E-state index is 0.355. The summed E-state index contributed by atoms with van der Waals surface area (Å²) in [6, 6.07) is 16.0. The quantitative estimate of drug-likeness (QED) is 0.793. The fourth-order valence-electron chi connectivity index (χ4n) is 2.70. The van der Waals surface area contributed by atoms with E-state index in [1.165, 1.54) is 0 Å². The molecular weight excluding hydrogens is 276 g/mol. The van der Waals surface area contributed by atoms with Crippen LogP contribution in [-0.4, -0.2) is 19.2 Å². The Hall–Kier alpha value is -2.93. The predicted octanol–water partition coefficient (Wildman–Crippen LogP) is 3.92. The summed E-state index contributed by atoms with van der Waals surface area (Å²) in [7, 11) is 3.23. The first-order valence-electron chi connectivity index (χ1n) is 6.97. The molecule has 0 spiro atoms. The summed E-state index contributed by atoms with van der Waals surface area (Å²) in [5.41, 5.74) is 3.95. The van der Waals surface area contributed by atoms with Crippen LogP contribution in [0.25, 0.3) is 22.2 Å². The zero-order valence-corrected chi connectivity index (χ0v) is 12.5. The molecule has 1 N–H and O–H groups in total. The first-order chi connectivity index (χ1) is 10.8. The van der Waals surface area contributed by atoms with Crippen LogP contribution in [-0.2, 0) is 6.42 Å². The molecule has 0 bridgehead atoms. The van der Waals surface area contributed by atoms with Crippen LogP contribution in [0.1, 0.15) is 5.56 Å². The molecule has 0 atom stereocenters. The van der Waals surface area contributed by atoms with Gasteiger partial charge in [0, 0.05) is 16.5 Å². The van der Waals surface area contributed by atoms with Crippen LogP contribution in [0.5, 0.6) is 11.5 Å². The van der Waals surface area contributed by atoms with Gasteiger partial charge in [-0.15, -0.1) is 0 Å². The first kappa shape index (κ1) is 14.0. The van der Waals surface area contributed by atoms with Crippen LogP contribution in [0, 0.1) is 11.3 Å². The van der Waals surface area contributed by atoms with E-state index < -0.39 is 0 Å². The molecule has 1 aromatic heterocycles. The smallest absolute Gasteiger partial charge is 0.161 e. The van der Waals surface area contributed by atoms with Gasteiger partial charge in [0.05, 0.1) is 32.4 Å². The van der Waals surface area contributed by atoms with Crippen molar-refractivity contribution in [3.8, 4) is 28.8 Å². The molecule has 0 radical (unpaired) electrons. The molecule has 22 heavy (non-hydrogen) atoms. The highest BCUT2D eigenvalue weighted by atomic mass is 16.5. The summed E-state index contributed by atoms with van der Waals surface area (Å²) in [5, 5.41) is 10.2. The van der Waals surface area contributed by atoms with Gasteiger partial charge in [0.15, 0.2) is 11.5 Å². The molecule has 110 valence electrons. The standard InChI is InChI=1S/C18H16N2O2/c1-21-16-8-7-12(11-17(16)22-2)18-14(9-10-19)13-5-3-4-6-15(13)20-18/h3-8,11,20H,9H2,1-2H3. The van der Waals surface area contributed by atoms with Crippen LogP contribution in [0.4, 0.5) is 0 Å². The van der Waals surface area contributed by atoms with Crippen molar-refractivity contribution in [1.29, 1.82) is 5.26 Å². The number of nitriles is 1. The zero-order valence-electron chi connectivity index (χ0n) is 12.5. The van der Waals surface area contributed by atoms with Crippen molar-refractivity contribution in [2.24, 2.45) is 0 Å². The Morgan fingerprint density at radius 2 is 1.82 bits per heavy atom. The van der Waals surface area contributed by atoms with Gasteiger partial charge in [-0.2, -0.15) is 5.26 Å². The predicted molar refractivity (Wildman–Crippen MR) is 86.2 cm³/mol. The van der Waals surface area contributed by atoms with Crippen molar-refractivity contribution in [1.82, 2.24) is 4.98 Å². The van der Waals surface area contributed by atoms with E-state index in [-0.39, 0.29) is 0 Å². The van der Waals surface area contributed by atoms with Gasteiger partial charge < -0.3 is 14.5 Å². The molecule has 3 aromatic rings. The van der Waals surface area contributed by atoms with Crippen molar-refractivity contribution in [2.75, 3.05) is 14.2 Å². The molecule has 1 heterocycles. The van der Waals surface area contributed by atoms with Crippen molar-refractivity contribution in [2.45, 2.75) is 6.42 Å². The number of aromatic nitrogens is 1. The van der Waals surface area contributed by atoms with Gasteiger partial charge in [0.25, 0.3) is 0 Å². The highest BCUT2D eigenvalue weighted by Crippen LogP contribution is 2.36. The number of aromatic amines is 1. The van der Waals surface area contributed by atoms with E-state index in [0.717, 1.165) is 27.7 Å². The summed E-state index contributed by atoms with van der Waals surface area (Å²) in [6.07, 6.45) is 0.355. The van der Waals surface area contributed by atoms with Crippen LogP contribution >= 0.6 is 0 Å². The lowest BCUT2D eigenvalue weighted by Gasteiger charge is -2.09. The molecule has 2 aromatic carbocycles. The van der Waals surface area contributed by atoms with E-state index >= 15 is 0 Å². The van der Waals surface area contributed by atoms with Crippen LogP contribution in [0.3, 0.4) is 0 Å². The van der Waals surface area contributed by atoms with Gasteiger partial charge in [-0.05, 0) is 29.8 Å². The number of benzene rings is 2. The average molecular weight is 292 g/mol. The maximum Gasteiger partial charge on any atom is 0.161 e.